The normalized spacial score (nSPS) is 11.1. The second-order valence-electron chi connectivity index (χ2n) is 7.51. The van der Waals surface area contributed by atoms with Gasteiger partial charge in [0.25, 0.3) is 0 Å². The number of amides is 1. The van der Waals surface area contributed by atoms with Gasteiger partial charge in [-0.05, 0) is 60.7 Å². The summed E-state index contributed by atoms with van der Waals surface area (Å²) in [6, 6.07) is 19.2. The van der Waals surface area contributed by atoms with E-state index >= 15 is 0 Å². The second kappa shape index (κ2) is 9.62. The van der Waals surface area contributed by atoms with E-state index < -0.39 is 0 Å². The van der Waals surface area contributed by atoms with Gasteiger partial charge in [0.05, 0.1) is 23.9 Å². The first kappa shape index (κ1) is 22.1. The first-order valence-corrected chi connectivity index (χ1v) is 11.8. The van der Waals surface area contributed by atoms with Crippen molar-refractivity contribution in [2.45, 2.75) is 19.5 Å². The van der Waals surface area contributed by atoms with E-state index in [0.29, 0.717) is 35.2 Å². The van der Waals surface area contributed by atoms with Crippen LogP contribution in [0.2, 0.25) is 0 Å². The molecule has 0 fully saturated rings. The zero-order chi connectivity index (χ0) is 23.5. The maximum absolute atomic E-state index is 12.5. The quantitative estimate of drug-likeness (QED) is 0.290. The third kappa shape index (κ3) is 4.63. The molecule has 1 amide bonds. The first-order chi connectivity index (χ1) is 16.6. The number of furan rings is 1. The Labute approximate surface area is 204 Å². The van der Waals surface area contributed by atoms with Crippen LogP contribution >= 0.6 is 23.6 Å². The summed E-state index contributed by atoms with van der Waals surface area (Å²) in [4.78, 5) is 17.1. The highest BCUT2D eigenvalue weighted by molar-refractivity contribution is 7.71. The fraction of sp³-hybridized carbons (Fsp3) is 0.167. The Balaban J connectivity index is 1.19. The highest BCUT2D eigenvalue weighted by atomic mass is 32.1. The zero-order valence-corrected chi connectivity index (χ0v) is 19.9. The molecule has 0 radical (unpaired) electrons. The van der Waals surface area contributed by atoms with Crippen molar-refractivity contribution in [1.82, 2.24) is 25.1 Å². The van der Waals surface area contributed by atoms with Gasteiger partial charge in [-0.3, -0.25) is 14.5 Å². The fourth-order valence-corrected chi connectivity index (χ4v) is 4.69. The number of fused-ring (bicyclic) bond motifs is 1. The molecule has 0 saturated carbocycles. The van der Waals surface area contributed by atoms with Crippen LogP contribution in [0.1, 0.15) is 12.2 Å². The van der Waals surface area contributed by atoms with Crippen LogP contribution in [-0.2, 0) is 17.9 Å². The summed E-state index contributed by atoms with van der Waals surface area (Å²) in [5.41, 5.74) is 1.83. The van der Waals surface area contributed by atoms with Gasteiger partial charge >= 0.3 is 0 Å². The SMILES string of the molecule is COc1ccc(-c2n[nH]c(=S)n2CCC(=O)NCc2ccc(-c3nc4ccccc4s3)o2)cc1. The number of ether oxygens (including phenoxy) is 1. The number of thiazole rings is 1. The lowest BCUT2D eigenvalue weighted by Gasteiger charge is -2.08. The summed E-state index contributed by atoms with van der Waals surface area (Å²) in [5, 5.41) is 10.8. The Hall–Kier alpha value is -3.76. The molecule has 5 rings (SSSR count). The smallest absolute Gasteiger partial charge is 0.222 e. The Kier molecular flexibility index (Phi) is 6.24. The number of carbonyl (C=O) groups excluding carboxylic acids is 1. The number of rotatable bonds is 8. The maximum atomic E-state index is 12.5. The minimum absolute atomic E-state index is 0.110. The molecule has 0 bridgehead atoms. The lowest BCUT2D eigenvalue weighted by molar-refractivity contribution is -0.121. The van der Waals surface area contributed by atoms with Gasteiger partial charge < -0.3 is 14.5 Å². The van der Waals surface area contributed by atoms with E-state index in [-0.39, 0.29) is 12.3 Å². The number of carbonyl (C=O) groups is 1. The van der Waals surface area contributed by atoms with Gasteiger partial charge in [-0.2, -0.15) is 5.10 Å². The molecule has 0 aliphatic heterocycles. The molecule has 3 heterocycles. The van der Waals surface area contributed by atoms with Crippen molar-refractivity contribution in [3.63, 3.8) is 0 Å². The van der Waals surface area contributed by atoms with Crippen LogP contribution in [0.25, 0.3) is 32.4 Å². The summed E-state index contributed by atoms with van der Waals surface area (Å²) in [5.74, 6) is 2.68. The molecule has 0 unspecified atom stereocenters. The van der Waals surface area contributed by atoms with Gasteiger partial charge in [0.2, 0.25) is 5.91 Å². The number of methoxy groups -OCH3 is 1. The number of aromatic nitrogens is 4. The molecular weight excluding hydrogens is 470 g/mol. The van der Waals surface area contributed by atoms with Gasteiger partial charge in [-0.15, -0.1) is 11.3 Å². The maximum Gasteiger partial charge on any atom is 0.222 e. The van der Waals surface area contributed by atoms with E-state index in [4.69, 9.17) is 21.4 Å². The molecule has 0 atom stereocenters. The number of para-hydroxylation sites is 1. The zero-order valence-electron chi connectivity index (χ0n) is 18.3. The number of aromatic amines is 1. The lowest BCUT2D eigenvalue weighted by atomic mass is 10.2. The van der Waals surface area contributed by atoms with Crippen LogP contribution in [0.4, 0.5) is 0 Å². The van der Waals surface area contributed by atoms with Gasteiger partial charge in [-0.1, -0.05) is 12.1 Å². The minimum atomic E-state index is -0.110. The van der Waals surface area contributed by atoms with Crippen molar-refractivity contribution in [2.75, 3.05) is 7.11 Å². The standard InChI is InChI=1S/C24H21N5O3S2/c1-31-16-8-6-15(7-9-16)22-27-28-24(33)29(22)13-12-21(30)25-14-17-10-11-19(32-17)23-26-18-4-2-3-5-20(18)34-23/h2-11H,12-14H2,1H3,(H,25,30)(H,28,33). The summed E-state index contributed by atoms with van der Waals surface area (Å²) in [6.07, 6.45) is 0.252. The first-order valence-electron chi connectivity index (χ1n) is 10.6. The second-order valence-corrected chi connectivity index (χ2v) is 8.93. The van der Waals surface area contributed by atoms with Crippen molar-refractivity contribution < 1.29 is 13.9 Å². The molecule has 0 aliphatic carbocycles. The van der Waals surface area contributed by atoms with Crippen LogP contribution in [0.3, 0.4) is 0 Å². The molecule has 8 nitrogen and oxygen atoms in total. The Morgan fingerprint density at radius 2 is 2.00 bits per heavy atom. The Morgan fingerprint density at radius 1 is 1.18 bits per heavy atom. The lowest BCUT2D eigenvalue weighted by Crippen LogP contribution is -2.23. The average Bonchev–Trinajstić information content (AvgIpc) is 3.59. The number of benzene rings is 2. The number of nitrogens with one attached hydrogen (secondary N) is 2. The number of hydrogen-bond acceptors (Lipinski definition) is 7. The minimum Gasteiger partial charge on any atom is -0.497 e. The van der Waals surface area contributed by atoms with Gasteiger partial charge in [0.15, 0.2) is 21.4 Å². The Bertz CT molecular complexity index is 1460. The Morgan fingerprint density at radius 3 is 2.79 bits per heavy atom. The van der Waals surface area contributed by atoms with Crippen molar-refractivity contribution in [3.05, 3.63) is 71.2 Å². The van der Waals surface area contributed by atoms with E-state index in [1.54, 1.807) is 18.4 Å². The molecule has 10 heteroatoms. The predicted octanol–water partition coefficient (Wildman–Crippen LogP) is 5.19. The predicted molar refractivity (Wildman–Crippen MR) is 133 cm³/mol. The van der Waals surface area contributed by atoms with Crippen LogP contribution in [0, 0.1) is 4.77 Å². The molecular formula is C24H21N5O3S2. The highest BCUT2D eigenvalue weighted by Crippen LogP contribution is 2.31. The van der Waals surface area contributed by atoms with Crippen molar-refractivity contribution in [1.29, 1.82) is 0 Å². The topological polar surface area (TPSA) is 98.0 Å². The molecule has 34 heavy (non-hydrogen) atoms. The van der Waals surface area contributed by atoms with Crippen molar-refractivity contribution in [2.24, 2.45) is 0 Å². The molecule has 0 saturated heterocycles. The number of hydrogen-bond donors (Lipinski definition) is 2. The highest BCUT2D eigenvalue weighted by Gasteiger charge is 2.13. The van der Waals surface area contributed by atoms with E-state index in [0.717, 1.165) is 26.5 Å². The molecule has 2 N–H and O–H groups in total. The number of H-pyrrole nitrogens is 1. The van der Waals surface area contributed by atoms with Crippen LogP contribution in [0.5, 0.6) is 5.75 Å². The number of nitrogens with zero attached hydrogens (tertiary/aromatic N) is 3. The van der Waals surface area contributed by atoms with Gasteiger partial charge in [0, 0.05) is 18.5 Å². The molecule has 172 valence electrons. The van der Waals surface area contributed by atoms with Crippen molar-refractivity contribution in [3.8, 4) is 27.9 Å². The van der Waals surface area contributed by atoms with Crippen LogP contribution < -0.4 is 10.1 Å². The third-order valence-electron chi connectivity index (χ3n) is 5.30. The molecule has 3 aromatic heterocycles. The summed E-state index contributed by atoms with van der Waals surface area (Å²) in [6.45, 7) is 0.698. The summed E-state index contributed by atoms with van der Waals surface area (Å²) < 4.78 is 14.5. The van der Waals surface area contributed by atoms with Gasteiger partial charge in [0.1, 0.15) is 11.5 Å². The molecule has 5 aromatic rings. The third-order valence-corrected chi connectivity index (χ3v) is 6.66. The van der Waals surface area contributed by atoms with E-state index in [1.165, 1.54) is 0 Å². The van der Waals surface area contributed by atoms with Crippen LogP contribution in [-0.4, -0.2) is 32.8 Å². The van der Waals surface area contributed by atoms with Gasteiger partial charge in [-0.25, -0.2) is 4.98 Å². The molecule has 2 aromatic carbocycles. The monoisotopic (exact) mass is 491 g/mol. The van der Waals surface area contributed by atoms with E-state index in [1.807, 2.05) is 65.2 Å². The van der Waals surface area contributed by atoms with E-state index in [9.17, 15) is 4.79 Å². The van der Waals surface area contributed by atoms with E-state index in [2.05, 4.69) is 20.5 Å². The average molecular weight is 492 g/mol. The summed E-state index contributed by atoms with van der Waals surface area (Å²) in [7, 11) is 1.62. The summed E-state index contributed by atoms with van der Waals surface area (Å²) >= 11 is 6.93. The molecule has 0 spiro atoms. The van der Waals surface area contributed by atoms with Crippen molar-refractivity contribution >= 4 is 39.7 Å². The molecule has 0 aliphatic rings. The fourth-order valence-electron chi connectivity index (χ4n) is 3.54. The largest absolute Gasteiger partial charge is 0.497 e. The van der Waals surface area contributed by atoms with Crippen LogP contribution in [0.15, 0.2) is 65.1 Å².